The van der Waals surface area contributed by atoms with E-state index >= 15 is 0 Å². The fourth-order valence-electron chi connectivity index (χ4n) is 1.66. The number of aromatic carboxylic acids is 1. The van der Waals surface area contributed by atoms with Gasteiger partial charge in [0.25, 0.3) is 0 Å². The molecule has 2 nitrogen and oxygen atoms in total. The molecular weight excluding hydrogens is 380 g/mol. The van der Waals surface area contributed by atoms with Gasteiger partial charge in [0.1, 0.15) is 0 Å². The molecule has 0 unspecified atom stereocenters. The number of fused-ring (bicyclic) bond motifs is 1. The molecular formula is C11H6F3IO2S. The third kappa shape index (κ3) is 2.77. The van der Waals surface area contributed by atoms with Gasteiger partial charge in [0.05, 0.1) is 12.0 Å². The van der Waals surface area contributed by atoms with Crippen LogP contribution in [0.2, 0.25) is 0 Å². The number of thiophene rings is 1. The summed E-state index contributed by atoms with van der Waals surface area (Å²) >= 11 is 2.93. The first kappa shape index (κ1) is 13.6. The van der Waals surface area contributed by atoms with E-state index in [2.05, 4.69) is 0 Å². The Balaban J connectivity index is 2.63. The van der Waals surface area contributed by atoms with Gasteiger partial charge in [-0.2, -0.15) is 13.2 Å². The first-order valence-corrected chi connectivity index (χ1v) is 6.73. The van der Waals surface area contributed by atoms with Gasteiger partial charge in [0.15, 0.2) is 0 Å². The van der Waals surface area contributed by atoms with Crippen LogP contribution >= 0.6 is 33.9 Å². The van der Waals surface area contributed by atoms with Crippen molar-refractivity contribution in [3.8, 4) is 0 Å². The molecule has 0 aliphatic rings. The van der Waals surface area contributed by atoms with E-state index in [1.165, 1.54) is 11.4 Å². The second-order valence-corrected chi connectivity index (χ2v) is 5.81. The Hall–Kier alpha value is -0.830. The number of carboxylic acids is 1. The highest BCUT2D eigenvalue weighted by atomic mass is 127. The minimum atomic E-state index is -4.29. The maximum absolute atomic E-state index is 12.4. The van der Waals surface area contributed by atoms with E-state index in [9.17, 15) is 18.0 Å². The monoisotopic (exact) mass is 386 g/mol. The third-order valence-electron chi connectivity index (χ3n) is 2.34. The van der Waals surface area contributed by atoms with E-state index in [1.807, 2.05) is 22.6 Å². The average molecular weight is 386 g/mol. The molecule has 0 aliphatic carbocycles. The highest BCUT2D eigenvalue weighted by Gasteiger charge is 2.29. The van der Waals surface area contributed by atoms with Gasteiger partial charge in [0, 0.05) is 8.27 Å². The normalized spacial score (nSPS) is 12.0. The van der Waals surface area contributed by atoms with E-state index in [0.717, 1.165) is 11.3 Å². The van der Waals surface area contributed by atoms with Crippen LogP contribution in [0.5, 0.6) is 0 Å². The lowest BCUT2D eigenvalue weighted by Gasteiger charge is -2.05. The summed E-state index contributed by atoms with van der Waals surface area (Å²) in [7, 11) is 0. The van der Waals surface area contributed by atoms with Gasteiger partial charge in [-0.3, -0.25) is 0 Å². The van der Waals surface area contributed by atoms with Crippen LogP contribution in [-0.4, -0.2) is 17.3 Å². The van der Waals surface area contributed by atoms with Crippen LogP contribution in [0.3, 0.4) is 0 Å². The molecule has 1 aromatic carbocycles. The molecule has 0 aliphatic heterocycles. The minimum absolute atomic E-state index is 0.0512. The second kappa shape index (κ2) is 4.69. The zero-order valence-electron chi connectivity index (χ0n) is 8.71. The molecule has 0 radical (unpaired) electrons. The second-order valence-electron chi connectivity index (χ2n) is 3.69. The Labute approximate surface area is 118 Å². The van der Waals surface area contributed by atoms with Crippen LogP contribution in [0.15, 0.2) is 17.5 Å². The third-order valence-corrected chi connectivity index (χ3v) is 4.04. The van der Waals surface area contributed by atoms with Crippen molar-refractivity contribution >= 4 is 50.0 Å². The molecule has 96 valence electrons. The fourth-order valence-corrected chi connectivity index (χ4v) is 3.35. The van der Waals surface area contributed by atoms with Gasteiger partial charge in [0.2, 0.25) is 0 Å². The number of alkyl halides is 3. The van der Waals surface area contributed by atoms with Crippen molar-refractivity contribution < 1.29 is 23.1 Å². The average Bonchev–Trinajstić information content (AvgIpc) is 2.58. The number of hydrogen-bond donors (Lipinski definition) is 1. The van der Waals surface area contributed by atoms with Crippen molar-refractivity contribution in [1.29, 1.82) is 0 Å². The Morgan fingerprint density at radius 2 is 2.06 bits per heavy atom. The topological polar surface area (TPSA) is 37.3 Å². The zero-order chi connectivity index (χ0) is 13.5. The van der Waals surface area contributed by atoms with E-state index in [4.69, 9.17) is 5.11 Å². The summed E-state index contributed by atoms with van der Waals surface area (Å²) in [5, 5.41) is 10.8. The van der Waals surface area contributed by atoms with Gasteiger partial charge in [-0.05, 0) is 51.1 Å². The van der Waals surface area contributed by atoms with Gasteiger partial charge in [-0.1, -0.05) is 0 Å². The SMILES string of the molecule is O=C(O)c1cc(I)cc2c(CC(F)(F)F)csc12. The molecule has 0 saturated carbocycles. The van der Waals surface area contributed by atoms with Crippen LogP contribution < -0.4 is 0 Å². The van der Waals surface area contributed by atoms with Crippen molar-refractivity contribution in [3.05, 3.63) is 32.2 Å². The summed E-state index contributed by atoms with van der Waals surface area (Å²) in [5.41, 5.74) is 0.179. The predicted molar refractivity (Wildman–Crippen MR) is 71.3 cm³/mol. The number of carbonyl (C=O) groups is 1. The smallest absolute Gasteiger partial charge is 0.393 e. The minimum Gasteiger partial charge on any atom is -0.478 e. The lowest BCUT2D eigenvalue weighted by Crippen LogP contribution is -2.11. The zero-order valence-corrected chi connectivity index (χ0v) is 11.7. The summed E-state index contributed by atoms with van der Waals surface area (Å²) in [6.07, 6.45) is -5.33. The number of rotatable bonds is 2. The van der Waals surface area contributed by atoms with Crippen LogP contribution in [0.4, 0.5) is 13.2 Å². The lowest BCUT2D eigenvalue weighted by molar-refractivity contribution is -0.126. The number of carboxylic acid groups (broad SMARTS) is 1. The van der Waals surface area contributed by atoms with Gasteiger partial charge >= 0.3 is 12.1 Å². The molecule has 0 amide bonds. The molecule has 0 saturated heterocycles. The van der Waals surface area contributed by atoms with Gasteiger partial charge in [-0.25, -0.2) is 4.79 Å². The van der Waals surface area contributed by atoms with E-state index in [1.54, 1.807) is 6.07 Å². The summed E-state index contributed by atoms with van der Waals surface area (Å²) in [6, 6.07) is 3.04. The molecule has 1 aromatic heterocycles. The number of halogens is 4. The van der Waals surface area contributed by atoms with Crippen LogP contribution in [0.25, 0.3) is 10.1 Å². The highest BCUT2D eigenvalue weighted by molar-refractivity contribution is 14.1. The first-order valence-electron chi connectivity index (χ1n) is 4.77. The molecule has 0 fully saturated rings. The highest BCUT2D eigenvalue weighted by Crippen LogP contribution is 2.34. The largest absolute Gasteiger partial charge is 0.478 e. The molecule has 18 heavy (non-hydrogen) atoms. The molecule has 1 heterocycles. The van der Waals surface area contributed by atoms with Crippen LogP contribution in [0, 0.1) is 3.57 Å². The summed E-state index contributed by atoms with van der Waals surface area (Å²) in [4.78, 5) is 11.0. The van der Waals surface area contributed by atoms with Gasteiger partial charge in [-0.15, -0.1) is 11.3 Å². The molecule has 2 aromatic rings. The van der Waals surface area contributed by atoms with Crippen LogP contribution in [-0.2, 0) is 6.42 Å². The number of hydrogen-bond acceptors (Lipinski definition) is 2. The van der Waals surface area contributed by atoms with Crippen molar-refractivity contribution in [2.24, 2.45) is 0 Å². The maximum atomic E-state index is 12.4. The first-order chi connectivity index (χ1) is 8.28. The molecule has 0 spiro atoms. The van der Waals surface area contributed by atoms with Crippen LogP contribution in [0.1, 0.15) is 15.9 Å². The van der Waals surface area contributed by atoms with E-state index in [-0.39, 0.29) is 11.1 Å². The summed E-state index contributed by atoms with van der Waals surface area (Å²) < 4.78 is 38.2. The summed E-state index contributed by atoms with van der Waals surface area (Å²) in [5.74, 6) is -1.13. The van der Waals surface area contributed by atoms with E-state index in [0.29, 0.717) is 13.7 Å². The van der Waals surface area contributed by atoms with Crippen molar-refractivity contribution in [3.63, 3.8) is 0 Å². The van der Waals surface area contributed by atoms with Crippen molar-refractivity contribution in [1.82, 2.24) is 0 Å². The molecule has 0 atom stereocenters. The summed E-state index contributed by atoms with van der Waals surface area (Å²) in [6.45, 7) is 0. The van der Waals surface area contributed by atoms with Crippen molar-refractivity contribution in [2.45, 2.75) is 12.6 Å². The Kier molecular flexibility index (Phi) is 3.54. The Morgan fingerprint density at radius 1 is 1.39 bits per heavy atom. The van der Waals surface area contributed by atoms with Gasteiger partial charge < -0.3 is 5.11 Å². The molecule has 0 bridgehead atoms. The Morgan fingerprint density at radius 3 is 2.61 bits per heavy atom. The Bertz CT molecular complexity index is 619. The molecule has 1 N–H and O–H groups in total. The lowest BCUT2D eigenvalue weighted by atomic mass is 10.1. The fraction of sp³-hybridized carbons (Fsp3) is 0.182. The molecule has 2 rings (SSSR count). The quantitative estimate of drug-likeness (QED) is 0.782. The van der Waals surface area contributed by atoms with E-state index < -0.39 is 18.6 Å². The predicted octanol–water partition coefficient (Wildman–Crippen LogP) is 4.31. The standard InChI is InChI=1S/C11H6F3IO2S/c12-11(13,14)3-5-4-18-9-7(5)1-6(15)2-8(9)10(16)17/h1-2,4H,3H2,(H,16,17). The molecule has 7 heteroatoms. The van der Waals surface area contributed by atoms with Crippen molar-refractivity contribution in [2.75, 3.05) is 0 Å². The maximum Gasteiger partial charge on any atom is 0.393 e. The number of benzene rings is 1.